The zero-order valence-corrected chi connectivity index (χ0v) is 21.3. The first-order valence-electron chi connectivity index (χ1n) is 11.4. The highest BCUT2D eigenvalue weighted by molar-refractivity contribution is 7.92. The van der Waals surface area contributed by atoms with Crippen molar-refractivity contribution in [3.05, 3.63) is 71.3 Å². The minimum absolute atomic E-state index is 0.0914. The van der Waals surface area contributed by atoms with Crippen molar-refractivity contribution in [1.29, 1.82) is 0 Å². The third-order valence-electron chi connectivity index (χ3n) is 5.80. The van der Waals surface area contributed by atoms with Crippen LogP contribution in [0.1, 0.15) is 32.9 Å². The number of fused-ring (bicyclic) bond motifs is 1. The Hall–Kier alpha value is -4.34. The van der Waals surface area contributed by atoms with Crippen molar-refractivity contribution in [3.63, 3.8) is 0 Å². The molecule has 1 fully saturated rings. The zero-order valence-electron chi connectivity index (χ0n) is 20.4. The first kappa shape index (κ1) is 26.3. The summed E-state index contributed by atoms with van der Waals surface area (Å²) in [6.45, 7) is 0.886. The van der Waals surface area contributed by atoms with Gasteiger partial charge in [0.25, 0.3) is 0 Å². The van der Waals surface area contributed by atoms with Gasteiger partial charge >= 0.3 is 5.97 Å². The van der Waals surface area contributed by atoms with Crippen LogP contribution in [0.15, 0.2) is 42.7 Å². The quantitative estimate of drug-likeness (QED) is 0.255. The normalized spacial score (nSPS) is 15.4. The molecule has 1 saturated heterocycles. The lowest BCUT2D eigenvalue weighted by Gasteiger charge is -2.11. The van der Waals surface area contributed by atoms with Gasteiger partial charge in [-0.25, -0.2) is 36.6 Å². The van der Waals surface area contributed by atoms with Gasteiger partial charge in [0, 0.05) is 30.1 Å². The number of methoxy groups -OCH3 is 1. The lowest BCUT2D eigenvalue weighted by atomic mass is 10.0. The molecule has 0 amide bonds. The number of aromatic nitrogens is 4. The summed E-state index contributed by atoms with van der Waals surface area (Å²) in [5.74, 6) is -4.14. The van der Waals surface area contributed by atoms with Crippen LogP contribution in [0.4, 0.5) is 14.5 Å². The number of rotatable bonds is 7. The summed E-state index contributed by atoms with van der Waals surface area (Å²) in [6, 6.07) is 6.34. The Morgan fingerprint density at radius 2 is 1.92 bits per heavy atom. The maximum atomic E-state index is 15.3. The molecule has 1 unspecified atom stereocenters. The van der Waals surface area contributed by atoms with Gasteiger partial charge in [0.1, 0.15) is 22.9 Å². The molecule has 4 aromatic rings. The average molecular weight is 559 g/mol. The molecular weight excluding hydrogens is 538 g/mol. The molecule has 202 valence electrons. The van der Waals surface area contributed by atoms with Crippen LogP contribution in [-0.4, -0.2) is 66.4 Å². The number of benzene rings is 1. The van der Waals surface area contributed by atoms with Crippen molar-refractivity contribution >= 4 is 38.5 Å². The summed E-state index contributed by atoms with van der Waals surface area (Å²) in [6.07, 6.45) is 2.90. The van der Waals surface area contributed by atoms with Crippen molar-refractivity contribution < 1.29 is 36.3 Å². The summed E-state index contributed by atoms with van der Waals surface area (Å²) in [5, 5.41) is 7.61. The lowest BCUT2D eigenvalue weighted by molar-refractivity contribution is 0.0372. The third kappa shape index (κ3) is 5.06. The average Bonchev–Trinajstić information content (AvgIpc) is 3.58. The van der Waals surface area contributed by atoms with E-state index in [-0.39, 0.29) is 22.4 Å². The van der Waals surface area contributed by atoms with Crippen molar-refractivity contribution in [3.8, 4) is 11.1 Å². The Balaban J connectivity index is 1.64. The molecular formula is C24H20F2N6O6S. The fraction of sp³-hybridized carbons (Fsp3) is 0.208. The number of hydrogen-bond donors (Lipinski definition) is 2. The second-order valence-electron chi connectivity index (χ2n) is 8.48. The Morgan fingerprint density at radius 1 is 1.15 bits per heavy atom. The summed E-state index contributed by atoms with van der Waals surface area (Å²) in [7, 11) is -2.81. The number of sulfonamides is 1. The van der Waals surface area contributed by atoms with E-state index >= 15 is 4.39 Å². The van der Waals surface area contributed by atoms with E-state index in [0.717, 1.165) is 18.4 Å². The maximum absolute atomic E-state index is 15.3. The lowest BCUT2D eigenvalue weighted by Crippen LogP contribution is -2.22. The molecule has 0 radical (unpaired) electrons. The molecule has 1 aliphatic rings. The molecule has 0 bridgehead atoms. The van der Waals surface area contributed by atoms with Crippen LogP contribution in [0.5, 0.6) is 0 Å². The first-order valence-corrected chi connectivity index (χ1v) is 13.2. The topological polar surface area (TPSA) is 154 Å². The minimum Gasteiger partial charge on any atom is -0.464 e. The smallest absolute Gasteiger partial charge is 0.356 e. The number of carbonyl (C=O) groups is 2. The number of pyridine rings is 2. The van der Waals surface area contributed by atoms with Crippen LogP contribution in [0.3, 0.4) is 0 Å². The number of nitrogens with one attached hydrogen (secondary N) is 2. The molecule has 0 spiro atoms. The van der Waals surface area contributed by atoms with Crippen LogP contribution in [0.25, 0.3) is 22.2 Å². The van der Waals surface area contributed by atoms with Crippen molar-refractivity contribution in [1.82, 2.24) is 25.1 Å². The molecule has 39 heavy (non-hydrogen) atoms. The fourth-order valence-corrected chi connectivity index (χ4v) is 4.56. The monoisotopic (exact) mass is 558 g/mol. The van der Waals surface area contributed by atoms with Crippen molar-refractivity contribution in [2.75, 3.05) is 31.2 Å². The van der Waals surface area contributed by atoms with Gasteiger partial charge in [0.2, 0.25) is 22.2 Å². The number of ether oxygens (including phenoxy) is 2. The second kappa shape index (κ2) is 10.1. The largest absolute Gasteiger partial charge is 0.464 e. The number of hydrogen-bond acceptors (Lipinski definition) is 10. The summed E-state index contributed by atoms with van der Waals surface area (Å²) < 4.78 is 66.1. The van der Waals surface area contributed by atoms with Crippen molar-refractivity contribution in [2.24, 2.45) is 0 Å². The Kier molecular flexibility index (Phi) is 6.80. The molecule has 1 atom stereocenters. The fourth-order valence-electron chi connectivity index (χ4n) is 4.01. The first-order chi connectivity index (χ1) is 18.6. The van der Waals surface area contributed by atoms with Crippen LogP contribution in [0, 0.1) is 11.6 Å². The summed E-state index contributed by atoms with van der Waals surface area (Å²) >= 11 is 0. The maximum Gasteiger partial charge on any atom is 0.356 e. The van der Waals surface area contributed by atoms with Gasteiger partial charge in [-0.3, -0.25) is 14.8 Å². The van der Waals surface area contributed by atoms with E-state index in [1.165, 1.54) is 30.3 Å². The third-order valence-corrected chi connectivity index (χ3v) is 6.37. The van der Waals surface area contributed by atoms with Gasteiger partial charge in [-0.2, -0.15) is 5.10 Å². The molecule has 5 rings (SSSR count). The highest BCUT2D eigenvalue weighted by Gasteiger charge is 2.29. The number of nitrogens with zero attached hydrogens (tertiary/aromatic N) is 4. The van der Waals surface area contributed by atoms with Crippen molar-refractivity contribution in [2.45, 2.75) is 6.35 Å². The molecule has 3 aromatic heterocycles. The summed E-state index contributed by atoms with van der Waals surface area (Å²) in [5.41, 5.74) is -0.448. The molecule has 2 N–H and O–H groups in total. The highest BCUT2D eigenvalue weighted by atomic mass is 32.2. The van der Waals surface area contributed by atoms with E-state index in [1.54, 1.807) is 16.9 Å². The number of halogens is 2. The molecule has 1 aromatic carbocycles. The highest BCUT2D eigenvalue weighted by Crippen LogP contribution is 2.30. The van der Waals surface area contributed by atoms with Crippen LogP contribution >= 0.6 is 0 Å². The Morgan fingerprint density at radius 3 is 2.56 bits per heavy atom. The molecule has 15 heteroatoms. The van der Waals surface area contributed by atoms with Gasteiger partial charge < -0.3 is 9.47 Å². The molecule has 1 aliphatic heterocycles. The number of ketones is 1. The predicted molar refractivity (Wildman–Crippen MR) is 133 cm³/mol. The van der Waals surface area contributed by atoms with E-state index in [9.17, 15) is 22.4 Å². The SMILES string of the molecule is COC(=O)c1ccc(-c2cnc3c(c2)c(C(=O)c2ccc(F)c(NS(C)(=O)=O)c2F)nn3C2NCCO2)cn1. The van der Waals surface area contributed by atoms with Crippen LogP contribution in [0.2, 0.25) is 0 Å². The van der Waals surface area contributed by atoms with E-state index in [4.69, 9.17) is 4.74 Å². The van der Waals surface area contributed by atoms with E-state index in [1.807, 2.05) is 0 Å². The number of carbonyl (C=O) groups excluding carboxylic acids is 2. The van der Waals surface area contributed by atoms with Crippen LogP contribution < -0.4 is 10.0 Å². The standard InChI is InChI=1S/C24H20F2N6O6S/c1-37-23(34)17-6-3-12(10-28-17)13-9-15-19(30-32(22(15)29-11-13)24-27-7-8-38-24)21(33)14-4-5-16(25)20(18(14)26)31-39(2,35)36/h3-6,9-11,24,27,31H,7-8H2,1-2H3. The zero-order chi connectivity index (χ0) is 27.9. The van der Waals surface area contributed by atoms with Gasteiger partial charge in [0.15, 0.2) is 11.5 Å². The molecule has 0 saturated carbocycles. The molecule has 0 aliphatic carbocycles. The molecule has 12 nitrogen and oxygen atoms in total. The number of anilines is 1. The van der Waals surface area contributed by atoms with Gasteiger partial charge in [0.05, 0.1) is 30.9 Å². The van der Waals surface area contributed by atoms with E-state index in [2.05, 4.69) is 25.1 Å². The van der Waals surface area contributed by atoms with Crippen LogP contribution in [-0.2, 0) is 19.5 Å². The Bertz CT molecular complexity index is 1720. The number of esters is 1. The van der Waals surface area contributed by atoms with Gasteiger partial charge in [-0.1, -0.05) is 6.07 Å². The predicted octanol–water partition coefficient (Wildman–Crippen LogP) is 2.24. The van der Waals surface area contributed by atoms with E-state index < -0.39 is 51.0 Å². The Labute approximate surface area is 220 Å². The minimum atomic E-state index is -4.05. The summed E-state index contributed by atoms with van der Waals surface area (Å²) in [4.78, 5) is 33.8. The van der Waals surface area contributed by atoms with Gasteiger partial charge in [-0.05, 0) is 24.3 Å². The molecule has 4 heterocycles. The van der Waals surface area contributed by atoms with Gasteiger partial charge in [-0.15, -0.1) is 0 Å². The second-order valence-corrected chi connectivity index (χ2v) is 10.2. The van der Waals surface area contributed by atoms with E-state index in [0.29, 0.717) is 24.3 Å².